The molecule has 1 aromatic heterocycles. The van der Waals surface area contributed by atoms with Crippen LogP contribution in [0.3, 0.4) is 0 Å². The van der Waals surface area contributed by atoms with E-state index in [9.17, 15) is 0 Å². The molecule has 0 bridgehead atoms. The van der Waals surface area contributed by atoms with Crippen molar-refractivity contribution in [3.63, 3.8) is 0 Å². The number of hydrogen-bond acceptors (Lipinski definition) is 3. The second kappa shape index (κ2) is 7.93. The Morgan fingerprint density at radius 2 is 2.11 bits per heavy atom. The van der Waals surface area contributed by atoms with E-state index in [1.54, 1.807) is 0 Å². The quantitative estimate of drug-likeness (QED) is 0.724. The normalized spacial score (nSPS) is 11.7. The van der Waals surface area contributed by atoms with Gasteiger partial charge in [-0.05, 0) is 44.5 Å². The van der Waals surface area contributed by atoms with Gasteiger partial charge in [0.25, 0.3) is 0 Å². The van der Waals surface area contributed by atoms with Gasteiger partial charge >= 0.3 is 0 Å². The maximum absolute atomic E-state index is 3.47. The molecule has 0 atom stereocenters. The number of aryl methyl sites for hydroxylation is 1. The van der Waals surface area contributed by atoms with Crippen LogP contribution in [0, 0.1) is 12.8 Å². The number of nitrogens with zero attached hydrogens (tertiary/aromatic N) is 1. The van der Waals surface area contributed by atoms with Crippen LogP contribution in [-0.4, -0.2) is 25.0 Å². The van der Waals surface area contributed by atoms with Gasteiger partial charge in [-0.25, -0.2) is 0 Å². The summed E-state index contributed by atoms with van der Waals surface area (Å²) in [6.07, 6.45) is 1.20. The van der Waals surface area contributed by atoms with Crippen LogP contribution in [0.25, 0.3) is 0 Å². The molecule has 0 aliphatic heterocycles. The molecule has 1 rings (SSSR count). The Hall–Kier alpha value is -0.380. The first kappa shape index (κ1) is 15.7. The molecule has 1 aromatic rings. The molecule has 3 heteroatoms. The monoisotopic (exact) mass is 268 g/mol. The number of rotatable bonds is 8. The summed E-state index contributed by atoms with van der Waals surface area (Å²) in [5, 5.41) is 3.47. The lowest BCUT2D eigenvalue weighted by molar-refractivity contribution is 0.288. The van der Waals surface area contributed by atoms with Crippen molar-refractivity contribution in [1.82, 2.24) is 10.2 Å². The van der Waals surface area contributed by atoms with Crippen LogP contribution in [0.1, 0.15) is 42.5 Å². The van der Waals surface area contributed by atoms with Crippen molar-refractivity contribution in [3.8, 4) is 0 Å². The second-order valence-electron chi connectivity index (χ2n) is 5.56. The molecule has 0 fully saturated rings. The van der Waals surface area contributed by atoms with Gasteiger partial charge < -0.3 is 10.2 Å². The summed E-state index contributed by atoms with van der Waals surface area (Å²) < 4.78 is 0. The molecule has 1 N–H and O–H groups in total. The van der Waals surface area contributed by atoms with Crippen molar-refractivity contribution in [2.24, 2.45) is 5.92 Å². The topological polar surface area (TPSA) is 15.3 Å². The van der Waals surface area contributed by atoms with Crippen molar-refractivity contribution in [2.45, 2.75) is 47.2 Å². The van der Waals surface area contributed by atoms with Crippen LogP contribution in [0.4, 0.5) is 0 Å². The molecule has 0 saturated heterocycles. The van der Waals surface area contributed by atoms with Crippen LogP contribution >= 0.6 is 11.3 Å². The molecule has 18 heavy (non-hydrogen) atoms. The Labute approximate surface area is 116 Å². The van der Waals surface area contributed by atoms with Crippen LogP contribution in [0.2, 0.25) is 0 Å². The molecule has 1 heterocycles. The van der Waals surface area contributed by atoms with Crippen molar-refractivity contribution in [1.29, 1.82) is 0 Å². The summed E-state index contributed by atoms with van der Waals surface area (Å²) in [5.41, 5.74) is 1.50. The van der Waals surface area contributed by atoms with Gasteiger partial charge in [0.15, 0.2) is 0 Å². The zero-order valence-corrected chi connectivity index (χ0v) is 13.4. The van der Waals surface area contributed by atoms with E-state index in [1.165, 1.54) is 28.3 Å². The van der Waals surface area contributed by atoms with E-state index in [2.05, 4.69) is 51.0 Å². The third-order valence-electron chi connectivity index (χ3n) is 2.91. The summed E-state index contributed by atoms with van der Waals surface area (Å²) in [7, 11) is 2.21. The average molecular weight is 268 g/mol. The molecular formula is C15H28N2S. The first-order chi connectivity index (χ1) is 8.52. The summed E-state index contributed by atoms with van der Waals surface area (Å²) in [6.45, 7) is 13.4. The summed E-state index contributed by atoms with van der Waals surface area (Å²) >= 11 is 1.94. The lowest BCUT2D eigenvalue weighted by Crippen LogP contribution is -2.22. The van der Waals surface area contributed by atoms with Crippen molar-refractivity contribution in [2.75, 3.05) is 20.1 Å². The maximum atomic E-state index is 3.47. The highest BCUT2D eigenvalue weighted by Crippen LogP contribution is 2.22. The molecule has 0 aliphatic rings. The Bertz CT molecular complexity index is 344. The molecule has 0 amide bonds. The molecule has 2 nitrogen and oxygen atoms in total. The van der Waals surface area contributed by atoms with Gasteiger partial charge in [0.1, 0.15) is 0 Å². The standard InChI is InChI=1S/C15H28N2S/c1-6-7-16-9-15-8-14(13(4)18-15)11-17(5)10-12(2)3/h8,12,16H,6-7,9-11H2,1-5H3. The lowest BCUT2D eigenvalue weighted by atomic mass is 10.2. The minimum atomic E-state index is 0.736. The average Bonchev–Trinajstić information content (AvgIpc) is 2.58. The highest BCUT2D eigenvalue weighted by atomic mass is 32.1. The third kappa shape index (κ3) is 5.51. The predicted octanol–water partition coefficient (Wildman–Crippen LogP) is 3.64. The molecule has 0 saturated carbocycles. The van der Waals surface area contributed by atoms with E-state index in [4.69, 9.17) is 0 Å². The van der Waals surface area contributed by atoms with E-state index in [0.29, 0.717) is 0 Å². The maximum Gasteiger partial charge on any atom is 0.0299 e. The fourth-order valence-corrected chi connectivity index (χ4v) is 3.22. The molecular weight excluding hydrogens is 240 g/mol. The van der Waals surface area contributed by atoms with Crippen molar-refractivity contribution < 1.29 is 0 Å². The highest BCUT2D eigenvalue weighted by Gasteiger charge is 2.09. The van der Waals surface area contributed by atoms with Gasteiger partial charge in [0, 0.05) is 29.4 Å². The highest BCUT2D eigenvalue weighted by molar-refractivity contribution is 7.12. The van der Waals surface area contributed by atoms with E-state index in [1.807, 2.05) is 11.3 Å². The molecule has 104 valence electrons. The SMILES string of the molecule is CCCNCc1cc(CN(C)CC(C)C)c(C)s1. The van der Waals surface area contributed by atoms with E-state index < -0.39 is 0 Å². The predicted molar refractivity (Wildman–Crippen MR) is 82.2 cm³/mol. The Balaban J connectivity index is 2.50. The zero-order chi connectivity index (χ0) is 13.5. The molecule has 0 aromatic carbocycles. The lowest BCUT2D eigenvalue weighted by Gasteiger charge is -2.18. The van der Waals surface area contributed by atoms with Crippen molar-refractivity contribution in [3.05, 3.63) is 21.4 Å². The van der Waals surface area contributed by atoms with Gasteiger partial charge in [-0.1, -0.05) is 20.8 Å². The molecule has 0 radical (unpaired) electrons. The van der Waals surface area contributed by atoms with Gasteiger partial charge in [-0.2, -0.15) is 0 Å². The fourth-order valence-electron chi connectivity index (χ4n) is 2.20. The Kier molecular flexibility index (Phi) is 6.90. The van der Waals surface area contributed by atoms with Crippen LogP contribution in [0.15, 0.2) is 6.07 Å². The Morgan fingerprint density at radius 3 is 2.72 bits per heavy atom. The molecule has 0 unspecified atom stereocenters. The second-order valence-corrected chi connectivity index (χ2v) is 6.90. The number of nitrogens with one attached hydrogen (secondary N) is 1. The zero-order valence-electron chi connectivity index (χ0n) is 12.5. The molecule has 0 aliphatic carbocycles. The van der Waals surface area contributed by atoms with Crippen LogP contribution < -0.4 is 5.32 Å². The minimum Gasteiger partial charge on any atom is -0.312 e. The summed E-state index contributed by atoms with van der Waals surface area (Å²) in [6, 6.07) is 2.37. The Morgan fingerprint density at radius 1 is 1.39 bits per heavy atom. The largest absolute Gasteiger partial charge is 0.312 e. The van der Waals surface area contributed by atoms with Crippen LogP contribution in [-0.2, 0) is 13.1 Å². The van der Waals surface area contributed by atoms with Gasteiger partial charge in [0.05, 0.1) is 0 Å². The summed E-state index contributed by atoms with van der Waals surface area (Å²) in [5.74, 6) is 0.736. The third-order valence-corrected chi connectivity index (χ3v) is 4.01. The first-order valence-corrected chi connectivity index (χ1v) is 7.82. The van der Waals surface area contributed by atoms with E-state index in [-0.39, 0.29) is 0 Å². The van der Waals surface area contributed by atoms with E-state index >= 15 is 0 Å². The number of thiophene rings is 1. The summed E-state index contributed by atoms with van der Waals surface area (Å²) in [4.78, 5) is 5.36. The van der Waals surface area contributed by atoms with E-state index in [0.717, 1.165) is 25.6 Å². The number of hydrogen-bond donors (Lipinski definition) is 1. The fraction of sp³-hybridized carbons (Fsp3) is 0.733. The van der Waals surface area contributed by atoms with Crippen molar-refractivity contribution >= 4 is 11.3 Å². The first-order valence-electron chi connectivity index (χ1n) is 7.00. The van der Waals surface area contributed by atoms with Gasteiger partial charge in [-0.15, -0.1) is 11.3 Å². The smallest absolute Gasteiger partial charge is 0.0299 e. The van der Waals surface area contributed by atoms with Gasteiger partial charge in [-0.3, -0.25) is 0 Å². The molecule has 0 spiro atoms. The minimum absolute atomic E-state index is 0.736. The van der Waals surface area contributed by atoms with Gasteiger partial charge in [0.2, 0.25) is 0 Å². The van der Waals surface area contributed by atoms with Crippen LogP contribution in [0.5, 0.6) is 0 Å².